The van der Waals surface area contributed by atoms with Crippen LogP contribution in [0.15, 0.2) is 109 Å². The topological polar surface area (TPSA) is 0 Å². The van der Waals surface area contributed by atoms with Crippen LogP contribution in [0.2, 0.25) is 12.6 Å². The molecular formula is C76H89Cl2F3SiZr. The monoisotopic (exact) mass is 1250 g/mol. The molecule has 16 aliphatic carbocycles. The molecule has 0 unspecified atom stereocenters. The summed E-state index contributed by atoms with van der Waals surface area (Å²) >= 11 is -0.826. The maximum Gasteiger partial charge on any atom is -0.00391 e. The molecule has 16 aliphatic rings. The van der Waals surface area contributed by atoms with Crippen LogP contribution in [0.5, 0.6) is 0 Å². The van der Waals surface area contributed by atoms with Crippen molar-refractivity contribution in [2.75, 3.05) is 0 Å². The second-order valence-electron chi connectivity index (χ2n) is 31.6. The first-order chi connectivity index (χ1) is 40.2. The molecule has 16 saturated carbocycles. The maximum atomic E-state index is 11.2. The fraction of sp³-hybridized carbons (Fsp3) is 0.605. The van der Waals surface area contributed by atoms with Crippen LogP contribution in [-0.2, 0) is 44.5 Å². The second kappa shape index (κ2) is 22.6. The van der Waals surface area contributed by atoms with Crippen molar-refractivity contribution in [1.29, 1.82) is 0 Å². The summed E-state index contributed by atoms with van der Waals surface area (Å²) in [5.41, 5.74) is 14.5. The molecule has 0 aliphatic heterocycles. The number of hydrogen-bond acceptors (Lipinski definition) is 0. The third-order valence-corrected chi connectivity index (χ3v) is 26.2. The van der Waals surface area contributed by atoms with Crippen molar-refractivity contribution in [1.82, 2.24) is 0 Å². The average Bonchev–Trinajstić information content (AvgIpc) is 3.01. The van der Waals surface area contributed by atoms with E-state index in [1.807, 2.05) is 0 Å². The van der Waals surface area contributed by atoms with Gasteiger partial charge in [-0.2, -0.15) is 25.3 Å². The molecule has 0 N–H and O–H groups in total. The Balaban J connectivity index is 0.000000121. The normalized spacial score (nSPS) is 37.7. The van der Waals surface area contributed by atoms with Gasteiger partial charge in [0.25, 0.3) is 0 Å². The minimum Gasteiger partial charge on any atom is -0.164 e. The molecule has 7 heteroatoms. The number of hydrogen-bond donors (Lipinski definition) is 0. The van der Waals surface area contributed by atoms with Crippen LogP contribution in [0.4, 0.5) is 13.2 Å². The van der Waals surface area contributed by atoms with Crippen LogP contribution in [-0.4, -0.2) is 15.7 Å². The largest absolute Gasteiger partial charge is 0.164 e. The Bertz CT molecular complexity index is 2920. The molecule has 0 aromatic heterocycles. The van der Waals surface area contributed by atoms with Crippen LogP contribution >= 0.6 is 17.0 Å². The molecule has 0 nitrogen and oxygen atoms in total. The Labute approximate surface area is 516 Å². The van der Waals surface area contributed by atoms with E-state index < -0.39 is 33.4 Å². The molecule has 436 valence electrons. The smallest absolute Gasteiger partial charge is 0.00391 e. The summed E-state index contributed by atoms with van der Waals surface area (Å²) in [5, 5.41) is 5.88. The minimum atomic E-state index is -3.94. The van der Waals surface area contributed by atoms with E-state index in [4.69, 9.17) is 17.0 Å². The van der Waals surface area contributed by atoms with Crippen molar-refractivity contribution >= 4 is 48.1 Å². The Morgan fingerprint density at radius 3 is 1.00 bits per heavy atom. The standard InChI is InChI=1S/2C36H41.C4H7F3Si.2ClH.Zr/c2*1-2-31-14-29(19-35-16-23-8-24(17-35)10-25(9-23)18-35)15-34(31)33(3-1)30-4-6-32(7-5-30)36-20-26-11-27(21-36)13-28(12-26)22-36;1-8-3-2-4(5,6)7;;;/h2*1-7,14-15,23-28H,8-13,16-22H2;2-3H2,1H3;2*1H;/q2*-1;;;;+4/p-2. The van der Waals surface area contributed by atoms with Crippen molar-refractivity contribution in [2.24, 2.45) is 81.8 Å². The first-order valence-electron chi connectivity index (χ1n) is 33.4. The van der Waals surface area contributed by atoms with Gasteiger partial charge in [-0.15, -0.1) is 69.1 Å². The quantitative estimate of drug-likeness (QED) is 0.0947. The number of fused-ring (bicyclic) bond motifs is 2. The summed E-state index contributed by atoms with van der Waals surface area (Å²) < 4.78 is 33.7. The van der Waals surface area contributed by atoms with Gasteiger partial charge in [0.05, 0.1) is 0 Å². The zero-order chi connectivity index (χ0) is 56.3. The number of rotatable bonds is 10. The van der Waals surface area contributed by atoms with E-state index in [2.05, 4.69) is 109 Å². The van der Waals surface area contributed by atoms with Gasteiger partial charge in [-0.25, -0.2) is 0 Å². The molecule has 83 heavy (non-hydrogen) atoms. The van der Waals surface area contributed by atoms with Gasteiger partial charge < -0.3 is 0 Å². The van der Waals surface area contributed by atoms with E-state index in [0.29, 0.717) is 31.2 Å². The molecule has 2 radical (unpaired) electrons. The molecule has 6 aromatic rings. The van der Waals surface area contributed by atoms with Crippen molar-refractivity contribution in [3.8, 4) is 22.3 Å². The summed E-state index contributed by atoms with van der Waals surface area (Å²) in [6, 6.07) is 44.5. The zero-order valence-electron chi connectivity index (χ0n) is 49.5. The predicted molar refractivity (Wildman–Crippen MR) is 337 cm³/mol. The van der Waals surface area contributed by atoms with Gasteiger partial charge in [0.1, 0.15) is 0 Å². The van der Waals surface area contributed by atoms with Crippen molar-refractivity contribution in [3.05, 3.63) is 131 Å². The summed E-state index contributed by atoms with van der Waals surface area (Å²) in [6.07, 6.45) is 34.4. The Kier molecular flexibility index (Phi) is 15.5. The Morgan fingerprint density at radius 2 is 0.735 bits per heavy atom. The van der Waals surface area contributed by atoms with E-state index >= 15 is 0 Å². The number of alkyl halides is 3. The Hall–Kier alpha value is -2.43. The van der Waals surface area contributed by atoms with Gasteiger partial charge in [-0.1, -0.05) is 84.4 Å². The molecular weight excluding hydrogens is 1160 g/mol. The molecule has 0 saturated heterocycles. The third kappa shape index (κ3) is 11.4. The number of halogens is 5. The van der Waals surface area contributed by atoms with Gasteiger partial charge in [0.15, 0.2) is 0 Å². The Morgan fingerprint density at radius 1 is 0.446 bits per heavy atom. The summed E-state index contributed by atoms with van der Waals surface area (Å²) in [6.45, 7) is 1.77. The first kappa shape index (κ1) is 57.0. The van der Waals surface area contributed by atoms with Crippen molar-refractivity contribution in [2.45, 2.75) is 203 Å². The predicted octanol–water partition coefficient (Wildman–Crippen LogP) is 22.4. The second-order valence-corrected chi connectivity index (χ2v) is 36.6. The van der Waals surface area contributed by atoms with Crippen LogP contribution in [0.25, 0.3) is 43.8 Å². The zero-order valence-corrected chi connectivity index (χ0v) is 54.5. The molecule has 0 spiro atoms. The summed E-state index contributed by atoms with van der Waals surface area (Å²) in [5.74, 6) is 12.4. The van der Waals surface area contributed by atoms with E-state index in [1.54, 1.807) is 67.3 Å². The van der Waals surface area contributed by atoms with E-state index in [1.165, 1.54) is 172 Å². The maximum absolute atomic E-state index is 11.2. The van der Waals surface area contributed by atoms with Gasteiger partial charge in [0, 0.05) is 15.9 Å². The SMILES string of the molecule is C[Si]CCC(F)(F)F.[Cl][Zr+2][Cl].c1cc(-c2ccc(C34CC5CC(CC(C5)C3)C4)cc2)c2cc(CC34CC5CC(CC(C5)C3)C4)[cH-]c2c1.c1cc(-c2ccc(C34CC5CC(CC(C5)C3)C4)cc2)c2cc(CC34CC5CC(CC(C5)C3)C4)[cH-]c2c1. The molecule has 0 atom stereocenters. The molecule has 0 amide bonds. The molecule has 22 rings (SSSR count). The number of benzene rings is 4. The fourth-order valence-corrected chi connectivity index (χ4v) is 24.9. The van der Waals surface area contributed by atoms with Gasteiger partial charge in [0.2, 0.25) is 0 Å². The van der Waals surface area contributed by atoms with Gasteiger partial charge >= 0.3 is 44.1 Å². The van der Waals surface area contributed by atoms with Crippen LogP contribution in [0.1, 0.15) is 183 Å². The van der Waals surface area contributed by atoms with Crippen molar-refractivity contribution < 1.29 is 34.0 Å². The van der Waals surface area contributed by atoms with E-state index in [-0.39, 0.29) is 6.04 Å². The van der Waals surface area contributed by atoms with Crippen LogP contribution < -0.4 is 0 Å². The summed E-state index contributed by atoms with van der Waals surface area (Å²) in [4.78, 5) is 0. The molecule has 16 fully saturated rings. The third-order valence-electron chi connectivity index (χ3n) is 25.5. The van der Waals surface area contributed by atoms with Gasteiger partial charge in [-0.05, 0) is 282 Å². The van der Waals surface area contributed by atoms with Gasteiger partial charge in [-0.3, -0.25) is 0 Å². The van der Waals surface area contributed by atoms with E-state index in [0.717, 1.165) is 71.0 Å². The average molecular weight is 1250 g/mol. The molecule has 16 bridgehead atoms. The van der Waals surface area contributed by atoms with Crippen LogP contribution in [0, 0.1) is 81.8 Å². The minimum absolute atomic E-state index is 0.281. The first-order valence-corrected chi connectivity index (χ1v) is 41.5. The van der Waals surface area contributed by atoms with Crippen molar-refractivity contribution in [3.63, 3.8) is 0 Å². The molecule has 0 heterocycles. The molecule has 6 aromatic carbocycles. The van der Waals surface area contributed by atoms with Crippen LogP contribution in [0.3, 0.4) is 0 Å². The fourth-order valence-electron chi connectivity index (χ4n) is 24.4. The summed E-state index contributed by atoms with van der Waals surface area (Å²) in [7, 11) is 10.3. The van der Waals surface area contributed by atoms with E-state index in [9.17, 15) is 13.2 Å².